The third-order valence-corrected chi connectivity index (χ3v) is 7.76. The molecule has 0 aliphatic carbocycles. The van der Waals surface area contributed by atoms with Crippen molar-refractivity contribution in [3.63, 3.8) is 0 Å². The number of carboxylic acids is 1. The third-order valence-electron chi connectivity index (χ3n) is 7.76. The predicted octanol–water partition coefficient (Wildman–Crippen LogP) is 5.24. The maximum atomic E-state index is 13.0. The van der Waals surface area contributed by atoms with E-state index in [0.29, 0.717) is 12.8 Å². The van der Waals surface area contributed by atoms with Crippen molar-refractivity contribution in [3.8, 4) is 0 Å². The molecule has 0 heterocycles. The monoisotopic (exact) mass is 632 g/mol. The topological polar surface area (TPSA) is 177 Å². The van der Waals surface area contributed by atoms with Crippen molar-refractivity contribution in [2.24, 2.45) is 5.41 Å². The van der Waals surface area contributed by atoms with Crippen LogP contribution < -0.4 is 0 Å². The van der Waals surface area contributed by atoms with Crippen molar-refractivity contribution in [2.75, 3.05) is 26.4 Å². The van der Waals surface area contributed by atoms with Crippen molar-refractivity contribution in [3.05, 3.63) is 0 Å². The van der Waals surface area contributed by atoms with Crippen LogP contribution in [0, 0.1) is 5.41 Å². The van der Waals surface area contributed by atoms with E-state index in [9.17, 15) is 39.6 Å². The molecule has 44 heavy (non-hydrogen) atoms. The van der Waals surface area contributed by atoms with Crippen LogP contribution in [0.15, 0.2) is 0 Å². The summed E-state index contributed by atoms with van der Waals surface area (Å²) >= 11 is 0. The Morgan fingerprint density at radius 3 is 1.23 bits per heavy atom. The molecule has 0 aromatic heterocycles. The van der Waals surface area contributed by atoms with Gasteiger partial charge in [0.05, 0.1) is 25.2 Å². The lowest BCUT2D eigenvalue weighted by atomic mass is 9.92. The zero-order valence-corrected chi connectivity index (χ0v) is 27.3. The van der Waals surface area contributed by atoms with E-state index in [2.05, 4.69) is 13.8 Å². The molecule has 0 bridgehead atoms. The molecular formula is C33H60O11. The number of aliphatic hydroxyl groups is 3. The van der Waals surface area contributed by atoms with Crippen LogP contribution in [0.25, 0.3) is 0 Å². The molecule has 0 fully saturated rings. The number of rotatable bonds is 30. The van der Waals surface area contributed by atoms with Crippen molar-refractivity contribution in [1.82, 2.24) is 0 Å². The molecule has 0 aromatic rings. The Kier molecular flexibility index (Phi) is 25.7. The highest BCUT2D eigenvalue weighted by Gasteiger charge is 2.42. The summed E-state index contributed by atoms with van der Waals surface area (Å²) in [5.41, 5.74) is -1.59. The van der Waals surface area contributed by atoms with Crippen LogP contribution in [-0.4, -0.2) is 82.9 Å². The molecule has 2 unspecified atom stereocenters. The molecule has 0 rings (SSSR count). The average molecular weight is 633 g/mol. The van der Waals surface area contributed by atoms with E-state index in [0.717, 1.165) is 51.4 Å². The van der Waals surface area contributed by atoms with Crippen LogP contribution in [0.1, 0.15) is 142 Å². The summed E-state index contributed by atoms with van der Waals surface area (Å²) in [5, 5.41) is 38.4. The number of carbonyl (C=O) groups is 4. The van der Waals surface area contributed by atoms with Gasteiger partial charge in [-0.2, -0.15) is 0 Å². The lowest BCUT2D eigenvalue weighted by molar-refractivity contribution is -0.192. The second-order valence-electron chi connectivity index (χ2n) is 11.9. The number of unbranched alkanes of at least 4 members (excludes halogenated alkanes) is 16. The summed E-state index contributed by atoms with van der Waals surface area (Å²) in [4.78, 5) is 50.2. The van der Waals surface area contributed by atoms with E-state index in [-0.39, 0.29) is 12.8 Å². The molecule has 0 amide bonds. The SMILES string of the molecule is CCCCCCCCCCCC(=O)OC(C(=O)O)C(OC(=O)CCCCCCCCCCC)C(=O)OCC(CO)(CO)CO. The first-order valence-corrected chi connectivity index (χ1v) is 16.8. The number of aliphatic carboxylic acids is 1. The van der Waals surface area contributed by atoms with Gasteiger partial charge in [0.25, 0.3) is 0 Å². The first kappa shape index (κ1) is 41.8. The Morgan fingerprint density at radius 1 is 0.545 bits per heavy atom. The minimum absolute atomic E-state index is 0.0591. The van der Waals surface area contributed by atoms with E-state index in [1.165, 1.54) is 51.4 Å². The van der Waals surface area contributed by atoms with Gasteiger partial charge in [0, 0.05) is 12.8 Å². The highest BCUT2D eigenvalue weighted by Crippen LogP contribution is 2.19. The van der Waals surface area contributed by atoms with E-state index in [1.807, 2.05) is 0 Å². The van der Waals surface area contributed by atoms with Gasteiger partial charge >= 0.3 is 23.9 Å². The van der Waals surface area contributed by atoms with Gasteiger partial charge in [0.2, 0.25) is 12.2 Å². The first-order chi connectivity index (χ1) is 21.2. The van der Waals surface area contributed by atoms with Crippen molar-refractivity contribution in [2.45, 2.75) is 154 Å². The van der Waals surface area contributed by atoms with Gasteiger partial charge in [0.15, 0.2) is 0 Å². The summed E-state index contributed by atoms with van der Waals surface area (Å²) in [6.07, 6.45) is 14.0. The molecule has 4 N–H and O–H groups in total. The average Bonchev–Trinajstić information content (AvgIpc) is 3.01. The van der Waals surface area contributed by atoms with E-state index in [4.69, 9.17) is 14.2 Å². The summed E-state index contributed by atoms with van der Waals surface area (Å²) < 4.78 is 15.4. The summed E-state index contributed by atoms with van der Waals surface area (Å²) in [6, 6.07) is 0. The second-order valence-corrected chi connectivity index (χ2v) is 11.9. The number of ether oxygens (including phenoxy) is 3. The first-order valence-electron chi connectivity index (χ1n) is 16.8. The number of aliphatic hydroxyl groups excluding tert-OH is 3. The fourth-order valence-electron chi connectivity index (χ4n) is 4.63. The van der Waals surface area contributed by atoms with E-state index < -0.39 is 67.9 Å². The Hall–Kier alpha value is -2.24. The lowest BCUT2D eigenvalue weighted by Crippen LogP contribution is -2.48. The van der Waals surface area contributed by atoms with Gasteiger partial charge in [0.1, 0.15) is 6.61 Å². The summed E-state index contributed by atoms with van der Waals surface area (Å²) in [6.45, 7) is 1.46. The highest BCUT2D eigenvalue weighted by atomic mass is 16.6. The van der Waals surface area contributed by atoms with Crippen LogP contribution in [0.4, 0.5) is 0 Å². The van der Waals surface area contributed by atoms with Crippen LogP contribution >= 0.6 is 0 Å². The Balaban J connectivity index is 5.10. The third kappa shape index (κ3) is 19.9. The zero-order chi connectivity index (χ0) is 33.1. The molecule has 0 spiro atoms. The normalized spacial score (nSPS) is 12.8. The Morgan fingerprint density at radius 2 is 0.886 bits per heavy atom. The summed E-state index contributed by atoms with van der Waals surface area (Å²) in [7, 11) is 0. The Labute approximate surface area is 264 Å². The molecule has 11 heteroatoms. The number of hydrogen-bond donors (Lipinski definition) is 4. The van der Waals surface area contributed by atoms with Gasteiger partial charge in [-0.05, 0) is 12.8 Å². The maximum Gasteiger partial charge on any atom is 0.352 e. The van der Waals surface area contributed by atoms with Crippen molar-refractivity contribution in [1.29, 1.82) is 0 Å². The molecule has 258 valence electrons. The van der Waals surface area contributed by atoms with E-state index in [1.54, 1.807) is 0 Å². The highest BCUT2D eigenvalue weighted by molar-refractivity contribution is 5.88. The molecule has 2 atom stereocenters. The largest absolute Gasteiger partial charge is 0.478 e. The van der Waals surface area contributed by atoms with Crippen LogP contribution in [0.5, 0.6) is 0 Å². The van der Waals surface area contributed by atoms with Gasteiger partial charge in [-0.15, -0.1) is 0 Å². The smallest absolute Gasteiger partial charge is 0.352 e. The van der Waals surface area contributed by atoms with Crippen molar-refractivity contribution < 1.29 is 53.8 Å². The number of esters is 3. The van der Waals surface area contributed by atoms with Crippen molar-refractivity contribution >= 4 is 23.9 Å². The molecule has 0 saturated heterocycles. The minimum Gasteiger partial charge on any atom is -0.478 e. The number of carbonyl (C=O) groups excluding carboxylic acids is 3. The quantitative estimate of drug-likeness (QED) is 0.0462. The van der Waals surface area contributed by atoms with Gasteiger partial charge in [-0.25, -0.2) is 9.59 Å². The van der Waals surface area contributed by atoms with Crippen LogP contribution in [0.3, 0.4) is 0 Å². The summed E-state index contributed by atoms with van der Waals surface area (Å²) in [5.74, 6) is -4.70. The Bertz CT molecular complexity index is 759. The van der Waals surface area contributed by atoms with Gasteiger partial charge < -0.3 is 34.6 Å². The van der Waals surface area contributed by atoms with E-state index >= 15 is 0 Å². The maximum absolute atomic E-state index is 13.0. The second kappa shape index (κ2) is 27.1. The van der Waals surface area contributed by atoms with Gasteiger partial charge in [-0.3, -0.25) is 9.59 Å². The molecule has 0 saturated carbocycles. The van der Waals surface area contributed by atoms with Crippen LogP contribution in [0.2, 0.25) is 0 Å². The molecule has 11 nitrogen and oxygen atoms in total. The fraction of sp³-hybridized carbons (Fsp3) is 0.879. The molecule has 0 aliphatic rings. The number of carboxylic acid groups (broad SMARTS) is 1. The fourth-order valence-corrected chi connectivity index (χ4v) is 4.63. The lowest BCUT2D eigenvalue weighted by Gasteiger charge is -2.28. The number of hydrogen-bond acceptors (Lipinski definition) is 10. The van der Waals surface area contributed by atoms with Gasteiger partial charge in [-0.1, -0.05) is 117 Å². The molecule has 0 radical (unpaired) electrons. The standard InChI is InChI=1S/C33H60O11/c1-3-5-7-9-11-13-15-17-19-21-27(37)43-29(31(39)40)30(32(41)42-26-33(23-34,24-35)25-36)44-28(38)22-20-18-16-14-12-10-8-6-4-2/h29-30,34-36H,3-26H2,1-2H3,(H,39,40). The predicted molar refractivity (Wildman–Crippen MR) is 166 cm³/mol. The zero-order valence-electron chi connectivity index (χ0n) is 27.3. The minimum atomic E-state index is -2.15. The van der Waals surface area contributed by atoms with Crippen LogP contribution in [-0.2, 0) is 33.4 Å². The molecule has 0 aromatic carbocycles. The molecule has 0 aliphatic heterocycles. The molecular weight excluding hydrogens is 572 g/mol.